The summed E-state index contributed by atoms with van der Waals surface area (Å²) in [5.74, 6) is 0.0757. The molecular weight excluding hydrogens is 198 g/mol. The molecule has 0 aromatic heterocycles. The zero-order valence-corrected chi connectivity index (χ0v) is 8.98. The third-order valence-corrected chi connectivity index (χ3v) is 3.07. The van der Waals surface area contributed by atoms with Crippen LogP contribution in [0.4, 0.5) is 5.69 Å². The topological polar surface area (TPSA) is 59.6 Å². The fourth-order valence-electron chi connectivity index (χ4n) is 2.19. The summed E-state index contributed by atoms with van der Waals surface area (Å²) in [5, 5.41) is 21.3. The van der Waals surface area contributed by atoms with Crippen molar-refractivity contribution < 1.29 is 0 Å². The van der Waals surface area contributed by atoms with Crippen LogP contribution >= 0.6 is 0 Å². The molecule has 0 heterocycles. The van der Waals surface area contributed by atoms with E-state index in [1.807, 2.05) is 18.2 Å². The van der Waals surface area contributed by atoms with E-state index in [4.69, 9.17) is 10.5 Å². The van der Waals surface area contributed by atoms with Crippen LogP contribution < -0.4 is 5.32 Å². The molecule has 16 heavy (non-hydrogen) atoms. The van der Waals surface area contributed by atoms with Gasteiger partial charge in [-0.2, -0.15) is 10.5 Å². The number of hydrogen-bond acceptors (Lipinski definition) is 3. The average molecular weight is 211 g/mol. The van der Waals surface area contributed by atoms with Crippen molar-refractivity contribution in [3.8, 4) is 12.1 Å². The molecule has 2 rings (SSSR count). The Morgan fingerprint density at radius 3 is 2.75 bits per heavy atom. The largest absolute Gasteiger partial charge is 0.380 e. The van der Waals surface area contributed by atoms with E-state index in [2.05, 4.69) is 17.5 Å². The first-order valence-electron chi connectivity index (χ1n) is 5.50. The summed E-state index contributed by atoms with van der Waals surface area (Å²) in [6.07, 6.45) is 3.06. The number of nitriles is 2. The standard InChI is InChI=1S/C13H13N3/c14-8-10-4-1-2-6-12(10)16-13-7-3-5-11(13)9-15/h1-2,4,6,11,13,16H,3,5,7H2. The molecule has 0 bridgehead atoms. The zero-order chi connectivity index (χ0) is 11.4. The fourth-order valence-corrected chi connectivity index (χ4v) is 2.19. The van der Waals surface area contributed by atoms with Gasteiger partial charge in [0.2, 0.25) is 0 Å². The molecule has 0 radical (unpaired) electrons. The van der Waals surface area contributed by atoms with Gasteiger partial charge < -0.3 is 5.32 Å². The second kappa shape index (κ2) is 4.68. The molecule has 0 amide bonds. The SMILES string of the molecule is N#Cc1ccccc1NC1CCCC1C#N. The van der Waals surface area contributed by atoms with Crippen molar-refractivity contribution in [2.75, 3.05) is 5.32 Å². The number of rotatable bonds is 2. The summed E-state index contributed by atoms with van der Waals surface area (Å²) in [6.45, 7) is 0. The molecule has 1 aliphatic carbocycles. The monoisotopic (exact) mass is 211 g/mol. The maximum atomic E-state index is 8.99. The van der Waals surface area contributed by atoms with Gasteiger partial charge >= 0.3 is 0 Å². The lowest BCUT2D eigenvalue weighted by Crippen LogP contribution is -2.23. The van der Waals surface area contributed by atoms with E-state index in [1.54, 1.807) is 6.07 Å². The number of anilines is 1. The highest BCUT2D eigenvalue weighted by atomic mass is 14.9. The minimum absolute atomic E-state index is 0.0757. The van der Waals surface area contributed by atoms with E-state index in [1.165, 1.54) is 0 Å². The predicted molar refractivity (Wildman–Crippen MR) is 61.5 cm³/mol. The van der Waals surface area contributed by atoms with Crippen LogP contribution in [0.1, 0.15) is 24.8 Å². The Labute approximate surface area is 95.3 Å². The first-order valence-corrected chi connectivity index (χ1v) is 5.50. The first kappa shape index (κ1) is 10.5. The van der Waals surface area contributed by atoms with Crippen molar-refractivity contribution in [3.63, 3.8) is 0 Å². The highest BCUT2D eigenvalue weighted by Gasteiger charge is 2.27. The van der Waals surface area contributed by atoms with E-state index in [9.17, 15) is 0 Å². The van der Waals surface area contributed by atoms with Gasteiger partial charge in [-0.05, 0) is 31.4 Å². The quantitative estimate of drug-likeness (QED) is 0.818. The smallest absolute Gasteiger partial charge is 0.101 e. The highest BCUT2D eigenvalue weighted by Crippen LogP contribution is 2.28. The van der Waals surface area contributed by atoms with Gasteiger partial charge in [-0.25, -0.2) is 0 Å². The normalized spacial score (nSPS) is 23.4. The predicted octanol–water partition coefficient (Wildman–Crippen LogP) is 2.66. The molecule has 0 saturated heterocycles. The van der Waals surface area contributed by atoms with Crippen LogP contribution in [0, 0.1) is 28.6 Å². The second-order valence-electron chi connectivity index (χ2n) is 4.07. The molecule has 0 spiro atoms. The van der Waals surface area contributed by atoms with Gasteiger partial charge in [0, 0.05) is 6.04 Å². The van der Waals surface area contributed by atoms with Gasteiger partial charge in [-0.3, -0.25) is 0 Å². The molecule has 3 nitrogen and oxygen atoms in total. The average Bonchev–Trinajstić information content (AvgIpc) is 2.77. The molecule has 2 atom stereocenters. The van der Waals surface area contributed by atoms with Gasteiger partial charge in [-0.1, -0.05) is 12.1 Å². The minimum Gasteiger partial charge on any atom is -0.380 e. The molecule has 1 aliphatic rings. The lowest BCUT2D eigenvalue weighted by Gasteiger charge is -2.17. The molecule has 1 aromatic rings. The Morgan fingerprint density at radius 2 is 2.00 bits per heavy atom. The van der Waals surface area contributed by atoms with E-state index in [0.29, 0.717) is 5.56 Å². The second-order valence-corrected chi connectivity index (χ2v) is 4.07. The molecule has 3 heteroatoms. The van der Waals surface area contributed by atoms with Crippen LogP contribution in [0.25, 0.3) is 0 Å². The molecule has 1 saturated carbocycles. The van der Waals surface area contributed by atoms with Crippen molar-refractivity contribution in [3.05, 3.63) is 29.8 Å². The van der Waals surface area contributed by atoms with E-state index in [-0.39, 0.29) is 12.0 Å². The Hall–Kier alpha value is -2.00. The number of para-hydroxylation sites is 1. The molecular formula is C13H13N3. The third-order valence-electron chi connectivity index (χ3n) is 3.07. The Kier molecular flexibility index (Phi) is 3.08. The first-order chi connectivity index (χ1) is 7.85. The Morgan fingerprint density at radius 1 is 1.19 bits per heavy atom. The van der Waals surface area contributed by atoms with E-state index < -0.39 is 0 Å². The summed E-state index contributed by atoms with van der Waals surface area (Å²) in [4.78, 5) is 0. The number of hydrogen-bond donors (Lipinski definition) is 1. The summed E-state index contributed by atoms with van der Waals surface area (Å²) >= 11 is 0. The Balaban J connectivity index is 2.15. The number of nitrogens with zero attached hydrogens (tertiary/aromatic N) is 2. The summed E-state index contributed by atoms with van der Waals surface area (Å²) < 4.78 is 0. The van der Waals surface area contributed by atoms with Crippen LogP contribution in [-0.2, 0) is 0 Å². The summed E-state index contributed by atoms with van der Waals surface area (Å²) in [6, 6.07) is 12.1. The van der Waals surface area contributed by atoms with Crippen molar-refractivity contribution in [2.24, 2.45) is 5.92 Å². The van der Waals surface area contributed by atoms with E-state index >= 15 is 0 Å². The van der Waals surface area contributed by atoms with Gasteiger partial charge in [-0.15, -0.1) is 0 Å². The van der Waals surface area contributed by atoms with Crippen LogP contribution in [-0.4, -0.2) is 6.04 Å². The van der Waals surface area contributed by atoms with Gasteiger partial charge in [0.15, 0.2) is 0 Å². The maximum absolute atomic E-state index is 8.99. The minimum atomic E-state index is 0.0757. The molecule has 1 aromatic carbocycles. The third kappa shape index (κ3) is 1.99. The van der Waals surface area contributed by atoms with Crippen LogP contribution in [0.5, 0.6) is 0 Å². The van der Waals surface area contributed by atoms with Crippen LogP contribution in [0.15, 0.2) is 24.3 Å². The zero-order valence-electron chi connectivity index (χ0n) is 8.98. The fraction of sp³-hybridized carbons (Fsp3) is 0.385. The van der Waals surface area contributed by atoms with Crippen molar-refractivity contribution in [1.29, 1.82) is 10.5 Å². The van der Waals surface area contributed by atoms with Gasteiger partial charge in [0.05, 0.1) is 23.2 Å². The van der Waals surface area contributed by atoms with Gasteiger partial charge in [0.1, 0.15) is 6.07 Å². The lowest BCUT2D eigenvalue weighted by atomic mass is 10.0. The number of benzene rings is 1. The van der Waals surface area contributed by atoms with Crippen LogP contribution in [0.2, 0.25) is 0 Å². The lowest BCUT2D eigenvalue weighted by molar-refractivity contribution is 0.629. The summed E-state index contributed by atoms with van der Waals surface area (Å²) in [5.41, 5.74) is 1.49. The van der Waals surface area contributed by atoms with Gasteiger partial charge in [0.25, 0.3) is 0 Å². The highest BCUT2D eigenvalue weighted by molar-refractivity contribution is 5.57. The number of nitrogens with one attached hydrogen (secondary N) is 1. The van der Waals surface area contributed by atoms with Crippen LogP contribution in [0.3, 0.4) is 0 Å². The molecule has 1 fully saturated rings. The van der Waals surface area contributed by atoms with Crippen molar-refractivity contribution >= 4 is 5.69 Å². The molecule has 0 aliphatic heterocycles. The Bertz CT molecular complexity index is 453. The van der Waals surface area contributed by atoms with Crippen molar-refractivity contribution in [2.45, 2.75) is 25.3 Å². The maximum Gasteiger partial charge on any atom is 0.101 e. The van der Waals surface area contributed by atoms with Crippen molar-refractivity contribution in [1.82, 2.24) is 0 Å². The molecule has 80 valence electrons. The molecule has 1 N–H and O–H groups in total. The van der Waals surface area contributed by atoms with E-state index in [0.717, 1.165) is 24.9 Å². The summed E-state index contributed by atoms with van der Waals surface area (Å²) in [7, 11) is 0. The molecule has 2 unspecified atom stereocenters.